The molecule has 1 aromatic rings. The standard InChI is InChI=1S/C34H47N3O2/c1-7-21-35-34(39)30-17-14-27(5)15-19-33(38)37(24-20-30)26-29-12-11-13-31(25-29)28(6)16-18-32(10-4)36(22-8-2)23-9-3/h10-14,16-18,20,25H,5-9,15,19,21-24,26H2,1-4H3,(H,35,39)/b17-14-,18-16-,30-20+,32-10+. The lowest BCUT2D eigenvalue weighted by Gasteiger charge is -2.25. The summed E-state index contributed by atoms with van der Waals surface area (Å²) in [6, 6.07) is 8.19. The van der Waals surface area contributed by atoms with Gasteiger partial charge in [-0.05, 0) is 67.5 Å². The van der Waals surface area contributed by atoms with E-state index in [1.54, 1.807) is 6.08 Å². The van der Waals surface area contributed by atoms with Gasteiger partial charge in [0.05, 0.1) is 0 Å². The zero-order valence-electron chi connectivity index (χ0n) is 24.5. The van der Waals surface area contributed by atoms with Crippen LogP contribution in [0.3, 0.4) is 0 Å². The molecule has 1 N–H and O–H groups in total. The normalized spacial score (nSPS) is 17.1. The Bertz CT molecular complexity index is 1120. The smallest absolute Gasteiger partial charge is 0.251 e. The topological polar surface area (TPSA) is 52.7 Å². The van der Waals surface area contributed by atoms with Gasteiger partial charge in [0.2, 0.25) is 5.91 Å². The predicted molar refractivity (Wildman–Crippen MR) is 165 cm³/mol. The monoisotopic (exact) mass is 529 g/mol. The van der Waals surface area contributed by atoms with E-state index in [0.29, 0.717) is 38.0 Å². The molecule has 0 radical (unpaired) electrons. The van der Waals surface area contributed by atoms with Gasteiger partial charge in [0.25, 0.3) is 5.91 Å². The Hall–Kier alpha value is -3.60. The first-order valence-electron chi connectivity index (χ1n) is 14.3. The fraction of sp³-hybridized carbons (Fsp3) is 0.412. The Morgan fingerprint density at radius 1 is 1.08 bits per heavy atom. The minimum atomic E-state index is -0.129. The van der Waals surface area contributed by atoms with Crippen LogP contribution in [0.15, 0.2) is 90.7 Å². The molecule has 1 aliphatic rings. The number of benzene rings is 1. The molecule has 5 heteroatoms. The first-order valence-corrected chi connectivity index (χ1v) is 14.3. The highest BCUT2D eigenvalue weighted by Crippen LogP contribution is 2.20. The van der Waals surface area contributed by atoms with Crippen LogP contribution >= 0.6 is 0 Å². The van der Waals surface area contributed by atoms with Gasteiger partial charge in [-0.1, -0.05) is 82.0 Å². The summed E-state index contributed by atoms with van der Waals surface area (Å²) < 4.78 is 0. The summed E-state index contributed by atoms with van der Waals surface area (Å²) in [4.78, 5) is 30.0. The second-order valence-corrected chi connectivity index (χ2v) is 9.94. The second-order valence-electron chi connectivity index (χ2n) is 9.94. The lowest BCUT2D eigenvalue weighted by Crippen LogP contribution is -2.32. The van der Waals surface area contributed by atoms with Gasteiger partial charge >= 0.3 is 0 Å². The van der Waals surface area contributed by atoms with E-state index in [9.17, 15) is 9.59 Å². The van der Waals surface area contributed by atoms with Crippen molar-refractivity contribution in [1.82, 2.24) is 15.1 Å². The number of carbonyl (C=O) groups is 2. The average Bonchev–Trinajstić information content (AvgIpc) is 2.94. The summed E-state index contributed by atoms with van der Waals surface area (Å²) >= 11 is 0. The Balaban J connectivity index is 2.22. The van der Waals surface area contributed by atoms with Gasteiger partial charge < -0.3 is 15.1 Å². The molecular formula is C34H47N3O2. The molecule has 2 rings (SSSR count). The SMILES string of the molecule is C=C1/C=C\C(C(=O)NCCC)=C/CN(Cc2cccc(C(=C)/C=C\C(=C/C)N(CCC)CCC)c2)C(=O)CC1. The maximum Gasteiger partial charge on any atom is 0.251 e. The fourth-order valence-corrected chi connectivity index (χ4v) is 4.42. The average molecular weight is 530 g/mol. The molecule has 1 aromatic carbocycles. The number of nitrogens with zero attached hydrogens (tertiary/aromatic N) is 2. The Labute approximate surface area is 236 Å². The summed E-state index contributed by atoms with van der Waals surface area (Å²) in [5.74, 6) is -0.0827. The van der Waals surface area contributed by atoms with Crippen LogP contribution in [-0.2, 0) is 16.1 Å². The van der Waals surface area contributed by atoms with E-state index in [0.717, 1.165) is 54.6 Å². The number of rotatable bonds is 13. The van der Waals surface area contributed by atoms with Crippen molar-refractivity contribution < 1.29 is 9.59 Å². The third kappa shape index (κ3) is 10.6. The van der Waals surface area contributed by atoms with Crippen LogP contribution in [0.1, 0.15) is 70.9 Å². The van der Waals surface area contributed by atoms with Crippen molar-refractivity contribution in [3.63, 3.8) is 0 Å². The van der Waals surface area contributed by atoms with Crippen molar-refractivity contribution in [2.24, 2.45) is 0 Å². The number of allylic oxidation sites excluding steroid dienone is 6. The van der Waals surface area contributed by atoms with E-state index < -0.39 is 0 Å². The molecule has 2 amide bonds. The summed E-state index contributed by atoms with van der Waals surface area (Å²) in [5, 5.41) is 2.93. The van der Waals surface area contributed by atoms with Gasteiger partial charge in [0.1, 0.15) is 0 Å². The molecule has 39 heavy (non-hydrogen) atoms. The van der Waals surface area contributed by atoms with Gasteiger partial charge in [0.15, 0.2) is 0 Å². The third-order valence-corrected chi connectivity index (χ3v) is 6.62. The minimum Gasteiger partial charge on any atom is -0.372 e. The Morgan fingerprint density at radius 2 is 1.82 bits per heavy atom. The van der Waals surface area contributed by atoms with Crippen molar-refractivity contribution in [2.45, 2.75) is 66.3 Å². The van der Waals surface area contributed by atoms with Crippen molar-refractivity contribution >= 4 is 17.4 Å². The van der Waals surface area contributed by atoms with Gasteiger partial charge in [0, 0.05) is 50.4 Å². The van der Waals surface area contributed by atoms with Crippen LogP contribution in [0.2, 0.25) is 0 Å². The van der Waals surface area contributed by atoms with Gasteiger partial charge in [-0.2, -0.15) is 0 Å². The van der Waals surface area contributed by atoms with E-state index in [4.69, 9.17) is 0 Å². The van der Waals surface area contributed by atoms with Gasteiger partial charge in [-0.15, -0.1) is 0 Å². The van der Waals surface area contributed by atoms with Crippen molar-refractivity contribution in [2.75, 3.05) is 26.2 Å². The van der Waals surface area contributed by atoms with Gasteiger partial charge in [-0.25, -0.2) is 0 Å². The van der Waals surface area contributed by atoms with E-state index in [1.165, 1.54) is 5.70 Å². The highest BCUT2D eigenvalue weighted by Gasteiger charge is 2.16. The maximum absolute atomic E-state index is 13.1. The second kappa shape index (κ2) is 17.1. The van der Waals surface area contributed by atoms with Crippen LogP contribution in [0, 0.1) is 0 Å². The van der Waals surface area contributed by atoms with Crippen LogP contribution in [0.5, 0.6) is 0 Å². The Morgan fingerprint density at radius 3 is 2.49 bits per heavy atom. The zero-order valence-corrected chi connectivity index (χ0v) is 24.5. The molecule has 0 spiro atoms. The molecule has 210 valence electrons. The summed E-state index contributed by atoms with van der Waals surface area (Å²) in [6.45, 7) is 20.4. The molecule has 0 bridgehead atoms. The van der Waals surface area contributed by atoms with Crippen molar-refractivity contribution in [3.8, 4) is 0 Å². The Kier molecular flexibility index (Phi) is 13.8. The predicted octanol–water partition coefficient (Wildman–Crippen LogP) is 6.97. The van der Waals surface area contributed by atoms with Gasteiger partial charge in [-0.3, -0.25) is 9.59 Å². The van der Waals surface area contributed by atoms with Crippen molar-refractivity contribution in [1.29, 1.82) is 0 Å². The number of hydrogen-bond donors (Lipinski definition) is 1. The van der Waals surface area contributed by atoms with E-state index in [-0.39, 0.29) is 11.8 Å². The first-order chi connectivity index (χ1) is 18.8. The van der Waals surface area contributed by atoms with Crippen LogP contribution in [0.25, 0.3) is 5.57 Å². The van der Waals surface area contributed by atoms with Crippen molar-refractivity contribution in [3.05, 3.63) is 102 Å². The van der Waals surface area contributed by atoms with E-state index in [2.05, 4.69) is 74.5 Å². The molecule has 1 heterocycles. The molecule has 0 saturated heterocycles. The molecule has 1 aliphatic heterocycles. The molecule has 0 fully saturated rings. The highest BCUT2D eigenvalue weighted by atomic mass is 16.2. The quantitative estimate of drug-likeness (QED) is 0.281. The summed E-state index contributed by atoms with van der Waals surface area (Å²) in [7, 11) is 0. The summed E-state index contributed by atoms with van der Waals surface area (Å²) in [5.41, 5.74) is 5.56. The number of nitrogens with one attached hydrogen (secondary N) is 1. The molecular weight excluding hydrogens is 482 g/mol. The number of hydrogen-bond acceptors (Lipinski definition) is 3. The van der Waals surface area contributed by atoms with Crippen LogP contribution in [0.4, 0.5) is 0 Å². The number of carbonyl (C=O) groups excluding carboxylic acids is 2. The summed E-state index contributed by atoms with van der Waals surface area (Å²) in [6.07, 6.45) is 15.9. The zero-order chi connectivity index (χ0) is 28.6. The molecule has 0 aliphatic carbocycles. The molecule has 0 saturated carbocycles. The van der Waals surface area contributed by atoms with E-state index >= 15 is 0 Å². The lowest BCUT2D eigenvalue weighted by molar-refractivity contribution is -0.131. The lowest BCUT2D eigenvalue weighted by atomic mass is 10.0. The largest absolute Gasteiger partial charge is 0.372 e. The maximum atomic E-state index is 13.1. The van der Waals surface area contributed by atoms with Crippen LogP contribution < -0.4 is 5.32 Å². The third-order valence-electron chi connectivity index (χ3n) is 6.62. The molecule has 0 aromatic heterocycles. The van der Waals surface area contributed by atoms with Crippen LogP contribution in [-0.4, -0.2) is 47.8 Å². The fourth-order valence-electron chi connectivity index (χ4n) is 4.42. The van der Waals surface area contributed by atoms with E-state index in [1.807, 2.05) is 36.1 Å². The minimum absolute atomic E-state index is 0.0461. The number of amides is 2. The molecule has 0 atom stereocenters. The highest BCUT2D eigenvalue weighted by molar-refractivity contribution is 5.96. The molecule has 0 unspecified atom stereocenters. The first kappa shape index (κ1) is 31.6. The molecule has 5 nitrogen and oxygen atoms in total.